The highest BCUT2D eigenvalue weighted by Crippen LogP contribution is 2.25. The molecule has 5 heteroatoms. The molecule has 0 aliphatic rings. The van der Waals surface area contributed by atoms with Crippen LogP contribution in [-0.4, -0.2) is 23.7 Å². The fourth-order valence-electron chi connectivity index (χ4n) is 1.95. The zero-order chi connectivity index (χ0) is 14.4. The molecule has 0 saturated carbocycles. The first kappa shape index (κ1) is 15.3. The molecule has 19 heavy (non-hydrogen) atoms. The van der Waals surface area contributed by atoms with E-state index in [9.17, 15) is 4.79 Å². The first-order chi connectivity index (χ1) is 8.97. The molecule has 0 spiro atoms. The molecule has 5 nitrogen and oxygen atoms in total. The zero-order valence-corrected chi connectivity index (χ0v) is 11.6. The molecule has 0 aliphatic carbocycles. The van der Waals surface area contributed by atoms with Crippen molar-refractivity contribution in [1.29, 1.82) is 0 Å². The maximum atomic E-state index is 10.9. The van der Waals surface area contributed by atoms with E-state index in [1.54, 1.807) is 6.07 Å². The van der Waals surface area contributed by atoms with E-state index in [-0.39, 0.29) is 11.3 Å². The van der Waals surface area contributed by atoms with Crippen LogP contribution in [0.15, 0.2) is 12.1 Å². The standard InChI is InChI=1S/C14H23N3O2/c1-3-8-17-9(2)4-5-10-6-7-11(14(18)19)13(16)12(10)15/h6-7,9,17H,3-5,8,15-16H2,1-2H3,(H,18,19). The smallest absolute Gasteiger partial charge is 0.337 e. The van der Waals surface area contributed by atoms with Gasteiger partial charge >= 0.3 is 5.97 Å². The van der Waals surface area contributed by atoms with Gasteiger partial charge in [0.25, 0.3) is 0 Å². The summed E-state index contributed by atoms with van der Waals surface area (Å²) in [5.41, 5.74) is 13.2. The van der Waals surface area contributed by atoms with Gasteiger partial charge in [-0.25, -0.2) is 4.79 Å². The van der Waals surface area contributed by atoms with Crippen molar-refractivity contribution in [2.45, 2.75) is 39.2 Å². The summed E-state index contributed by atoms with van der Waals surface area (Å²) in [5.74, 6) is -1.05. The third kappa shape index (κ3) is 4.13. The number of carboxylic acids is 1. The molecule has 1 rings (SSSR count). The largest absolute Gasteiger partial charge is 0.478 e. The van der Waals surface area contributed by atoms with Gasteiger partial charge in [0.1, 0.15) is 0 Å². The molecule has 1 aromatic carbocycles. The maximum Gasteiger partial charge on any atom is 0.337 e. The summed E-state index contributed by atoms with van der Waals surface area (Å²) in [7, 11) is 0. The minimum atomic E-state index is -1.05. The van der Waals surface area contributed by atoms with Crippen molar-refractivity contribution < 1.29 is 9.90 Å². The van der Waals surface area contributed by atoms with Crippen molar-refractivity contribution >= 4 is 17.3 Å². The van der Waals surface area contributed by atoms with Crippen LogP contribution < -0.4 is 16.8 Å². The molecule has 106 valence electrons. The highest BCUT2D eigenvalue weighted by atomic mass is 16.4. The van der Waals surface area contributed by atoms with Crippen LogP contribution in [-0.2, 0) is 6.42 Å². The first-order valence-electron chi connectivity index (χ1n) is 6.60. The van der Waals surface area contributed by atoms with Gasteiger partial charge in [0.05, 0.1) is 16.9 Å². The highest BCUT2D eigenvalue weighted by molar-refractivity contribution is 5.97. The molecule has 0 saturated heterocycles. The molecule has 0 amide bonds. The Morgan fingerprint density at radius 1 is 1.37 bits per heavy atom. The second-order valence-corrected chi connectivity index (χ2v) is 4.80. The number of hydrogen-bond acceptors (Lipinski definition) is 4. The van der Waals surface area contributed by atoms with Crippen molar-refractivity contribution in [1.82, 2.24) is 5.32 Å². The van der Waals surface area contributed by atoms with Crippen molar-refractivity contribution in [2.24, 2.45) is 0 Å². The number of hydrogen-bond donors (Lipinski definition) is 4. The summed E-state index contributed by atoms with van der Waals surface area (Å²) in [5, 5.41) is 12.4. The van der Waals surface area contributed by atoms with Crippen molar-refractivity contribution in [3.05, 3.63) is 23.3 Å². The van der Waals surface area contributed by atoms with E-state index < -0.39 is 5.97 Å². The van der Waals surface area contributed by atoms with Crippen LogP contribution in [0.25, 0.3) is 0 Å². The van der Waals surface area contributed by atoms with Gasteiger partial charge in [-0.3, -0.25) is 0 Å². The summed E-state index contributed by atoms with van der Waals surface area (Å²) in [6.07, 6.45) is 2.83. The van der Waals surface area contributed by atoms with E-state index in [0.29, 0.717) is 11.7 Å². The van der Waals surface area contributed by atoms with Gasteiger partial charge in [-0.1, -0.05) is 13.0 Å². The normalized spacial score (nSPS) is 12.3. The van der Waals surface area contributed by atoms with Crippen LogP contribution in [0.1, 0.15) is 42.6 Å². The predicted octanol–water partition coefficient (Wildman–Crippen LogP) is 1.87. The fraction of sp³-hybridized carbons (Fsp3) is 0.500. The minimum absolute atomic E-state index is 0.0680. The topological polar surface area (TPSA) is 101 Å². The van der Waals surface area contributed by atoms with Crippen molar-refractivity contribution in [3.63, 3.8) is 0 Å². The molecule has 1 unspecified atom stereocenters. The van der Waals surface area contributed by atoms with Crippen LogP contribution >= 0.6 is 0 Å². The molecule has 0 radical (unpaired) electrons. The molecule has 1 atom stereocenters. The molecule has 0 fully saturated rings. The lowest BCUT2D eigenvalue weighted by Crippen LogP contribution is -2.27. The number of carboxylic acid groups (broad SMARTS) is 1. The number of benzene rings is 1. The van der Waals surface area contributed by atoms with Crippen LogP contribution in [0, 0.1) is 0 Å². The highest BCUT2D eigenvalue weighted by Gasteiger charge is 2.13. The van der Waals surface area contributed by atoms with Crippen molar-refractivity contribution in [2.75, 3.05) is 18.0 Å². The number of carbonyl (C=O) groups is 1. The molecule has 6 N–H and O–H groups in total. The lowest BCUT2D eigenvalue weighted by molar-refractivity contribution is 0.0698. The molecular formula is C14H23N3O2. The Morgan fingerprint density at radius 3 is 2.63 bits per heavy atom. The number of rotatable bonds is 7. The lowest BCUT2D eigenvalue weighted by Gasteiger charge is -2.15. The third-order valence-corrected chi connectivity index (χ3v) is 3.20. The minimum Gasteiger partial charge on any atom is -0.478 e. The van der Waals surface area contributed by atoms with Gasteiger partial charge in [0.2, 0.25) is 0 Å². The fourth-order valence-corrected chi connectivity index (χ4v) is 1.95. The number of anilines is 2. The van der Waals surface area contributed by atoms with Gasteiger partial charge in [0, 0.05) is 6.04 Å². The Morgan fingerprint density at radius 2 is 2.05 bits per heavy atom. The number of nitrogens with two attached hydrogens (primary N) is 2. The number of aromatic carboxylic acids is 1. The summed E-state index contributed by atoms with van der Waals surface area (Å²) >= 11 is 0. The van der Waals surface area contributed by atoms with E-state index in [1.165, 1.54) is 6.07 Å². The zero-order valence-electron chi connectivity index (χ0n) is 11.6. The summed E-state index contributed by atoms with van der Waals surface area (Å²) in [4.78, 5) is 10.9. The summed E-state index contributed by atoms with van der Waals surface area (Å²) in [6.45, 7) is 5.25. The average Bonchev–Trinajstić information content (AvgIpc) is 2.37. The average molecular weight is 265 g/mol. The first-order valence-corrected chi connectivity index (χ1v) is 6.60. The SMILES string of the molecule is CCCNC(C)CCc1ccc(C(=O)O)c(N)c1N. The van der Waals surface area contributed by atoms with E-state index in [2.05, 4.69) is 19.2 Å². The van der Waals surface area contributed by atoms with Gasteiger partial charge in [-0.05, 0) is 44.4 Å². The number of aryl methyl sites for hydroxylation is 1. The number of nitrogens with one attached hydrogen (secondary N) is 1. The van der Waals surface area contributed by atoms with Crippen LogP contribution in [0.5, 0.6) is 0 Å². The Balaban J connectivity index is 2.70. The lowest BCUT2D eigenvalue weighted by atomic mass is 10.0. The van der Waals surface area contributed by atoms with E-state index in [4.69, 9.17) is 16.6 Å². The molecule has 0 aliphatic heterocycles. The van der Waals surface area contributed by atoms with Gasteiger partial charge in [-0.2, -0.15) is 0 Å². The Bertz CT molecular complexity index is 447. The summed E-state index contributed by atoms with van der Waals surface area (Å²) < 4.78 is 0. The summed E-state index contributed by atoms with van der Waals surface area (Å²) in [6, 6.07) is 3.68. The maximum absolute atomic E-state index is 10.9. The molecule has 0 aromatic heterocycles. The monoisotopic (exact) mass is 265 g/mol. The molecule has 0 bridgehead atoms. The Labute approximate surface area is 114 Å². The van der Waals surface area contributed by atoms with Crippen molar-refractivity contribution in [3.8, 4) is 0 Å². The molecule has 0 heterocycles. The van der Waals surface area contributed by atoms with Gasteiger partial charge in [0.15, 0.2) is 0 Å². The van der Waals surface area contributed by atoms with Crippen LogP contribution in [0.4, 0.5) is 11.4 Å². The third-order valence-electron chi connectivity index (χ3n) is 3.20. The second kappa shape index (κ2) is 6.99. The van der Waals surface area contributed by atoms with Gasteiger partial charge in [-0.15, -0.1) is 0 Å². The molecule has 1 aromatic rings. The molecular weight excluding hydrogens is 242 g/mol. The van der Waals surface area contributed by atoms with Gasteiger partial charge < -0.3 is 21.9 Å². The quantitative estimate of drug-likeness (QED) is 0.564. The number of nitrogen functional groups attached to an aromatic ring is 2. The van der Waals surface area contributed by atoms with E-state index in [1.807, 2.05) is 0 Å². The van der Waals surface area contributed by atoms with Crippen LogP contribution in [0.3, 0.4) is 0 Å². The van der Waals surface area contributed by atoms with Crippen LogP contribution in [0.2, 0.25) is 0 Å². The Hall–Kier alpha value is -1.75. The van der Waals surface area contributed by atoms with E-state index in [0.717, 1.165) is 31.4 Å². The van der Waals surface area contributed by atoms with E-state index >= 15 is 0 Å². The second-order valence-electron chi connectivity index (χ2n) is 4.80. The Kier molecular flexibility index (Phi) is 5.63. The predicted molar refractivity (Wildman–Crippen MR) is 78.3 cm³/mol.